The van der Waals surface area contributed by atoms with Gasteiger partial charge in [0.1, 0.15) is 0 Å². The van der Waals surface area contributed by atoms with Crippen LogP contribution in [0.1, 0.15) is 18.1 Å². The molecule has 0 spiro atoms. The maximum atomic E-state index is 5.61. The van der Waals surface area contributed by atoms with Crippen molar-refractivity contribution in [1.29, 1.82) is 0 Å². The Labute approximate surface area is 67.5 Å². The first-order chi connectivity index (χ1) is 5.27. The van der Waals surface area contributed by atoms with Crippen molar-refractivity contribution in [2.75, 3.05) is 5.73 Å². The highest BCUT2D eigenvalue weighted by atomic mass is 14.5. The summed E-state index contributed by atoms with van der Waals surface area (Å²) in [5.41, 5.74) is 8.86. The zero-order valence-corrected chi connectivity index (χ0v) is 6.80. The van der Waals surface area contributed by atoms with E-state index in [1.807, 2.05) is 24.3 Å². The van der Waals surface area contributed by atoms with Crippen molar-refractivity contribution in [3.63, 3.8) is 0 Å². The molecule has 0 unspecified atom stereocenters. The summed E-state index contributed by atoms with van der Waals surface area (Å²) in [6, 6.07) is 5.92. The summed E-state index contributed by atoms with van der Waals surface area (Å²) in [4.78, 5) is 0. The number of hydrogen-bond acceptors (Lipinski definition) is 1. The van der Waals surface area contributed by atoms with Gasteiger partial charge in [0, 0.05) is 5.69 Å². The van der Waals surface area contributed by atoms with Gasteiger partial charge in [0.15, 0.2) is 0 Å². The van der Waals surface area contributed by atoms with Gasteiger partial charge in [0.25, 0.3) is 0 Å². The molecule has 0 atom stereocenters. The Morgan fingerprint density at radius 3 is 2.82 bits per heavy atom. The molecule has 0 fully saturated rings. The van der Waals surface area contributed by atoms with Gasteiger partial charge in [0.05, 0.1) is 0 Å². The Morgan fingerprint density at radius 1 is 1.55 bits per heavy atom. The minimum Gasteiger partial charge on any atom is -0.399 e. The molecule has 1 aromatic carbocycles. The smallest absolute Gasteiger partial charge is 0.0320 e. The van der Waals surface area contributed by atoms with Gasteiger partial charge in [-0.2, -0.15) is 0 Å². The molecule has 1 rings (SSSR count). The van der Waals surface area contributed by atoms with E-state index >= 15 is 0 Å². The van der Waals surface area contributed by atoms with E-state index in [-0.39, 0.29) is 0 Å². The van der Waals surface area contributed by atoms with Crippen LogP contribution in [-0.4, -0.2) is 0 Å². The van der Waals surface area contributed by atoms with Gasteiger partial charge < -0.3 is 5.73 Å². The Balaban J connectivity index is 3.16. The predicted molar refractivity (Wildman–Crippen MR) is 50.3 cm³/mol. The van der Waals surface area contributed by atoms with E-state index in [1.165, 1.54) is 5.56 Å². The quantitative estimate of drug-likeness (QED) is 0.639. The van der Waals surface area contributed by atoms with E-state index in [9.17, 15) is 0 Å². The molecule has 0 saturated heterocycles. The van der Waals surface area contributed by atoms with E-state index in [2.05, 4.69) is 13.5 Å². The van der Waals surface area contributed by atoms with Crippen molar-refractivity contribution >= 4 is 11.8 Å². The first kappa shape index (κ1) is 7.86. The van der Waals surface area contributed by atoms with E-state index in [0.717, 1.165) is 17.7 Å². The molecule has 1 aromatic rings. The van der Waals surface area contributed by atoms with Crippen molar-refractivity contribution in [2.24, 2.45) is 0 Å². The topological polar surface area (TPSA) is 26.0 Å². The lowest BCUT2D eigenvalue weighted by Gasteiger charge is -2.03. The highest BCUT2D eigenvalue weighted by Crippen LogP contribution is 2.14. The van der Waals surface area contributed by atoms with E-state index in [1.54, 1.807) is 0 Å². The van der Waals surface area contributed by atoms with Gasteiger partial charge >= 0.3 is 0 Å². The Morgan fingerprint density at radius 2 is 2.27 bits per heavy atom. The third-order valence-corrected chi connectivity index (χ3v) is 1.77. The standard InChI is InChI=1S/C10H13N/c1-3-8-5-6-10(11)7-9(8)4-2/h4-7H,2-3,11H2,1H3. The maximum absolute atomic E-state index is 5.61. The largest absolute Gasteiger partial charge is 0.399 e. The molecular formula is C10H13N. The number of hydrogen-bond donors (Lipinski definition) is 1. The van der Waals surface area contributed by atoms with Crippen molar-refractivity contribution < 1.29 is 0 Å². The summed E-state index contributed by atoms with van der Waals surface area (Å²) in [5, 5.41) is 0. The molecular weight excluding hydrogens is 134 g/mol. The Kier molecular flexibility index (Phi) is 2.32. The van der Waals surface area contributed by atoms with E-state index in [4.69, 9.17) is 5.73 Å². The average molecular weight is 147 g/mol. The zero-order valence-electron chi connectivity index (χ0n) is 6.80. The van der Waals surface area contributed by atoms with Crippen molar-refractivity contribution in [3.8, 4) is 0 Å². The SMILES string of the molecule is C=Cc1cc(N)ccc1CC. The van der Waals surface area contributed by atoms with Crippen LogP contribution in [0.25, 0.3) is 6.08 Å². The maximum Gasteiger partial charge on any atom is 0.0320 e. The number of rotatable bonds is 2. The summed E-state index contributed by atoms with van der Waals surface area (Å²) < 4.78 is 0. The molecule has 0 aromatic heterocycles. The van der Waals surface area contributed by atoms with Gasteiger partial charge in [0.2, 0.25) is 0 Å². The monoisotopic (exact) mass is 147 g/mol. The molecule has 0 saturated carbocycles. The van der Waals surface area contributed by atoms with Crippen molar-refractivity contribution in [3.05, 3.63) is 35.9 Å². The van der Waals surface area contributed by atoms with Gasteiger partial charge in [-0.25, -0.2) is 0 Å². The molecule has 0 aliphatic rings. The number of nitrogens with two attached hydrogens (primary N) is 1. The van der Waals surface area contributed by atoms with Gasteiger partial charge in [-0.05, 0) is 29.7 Å². The molecule has 0 heterocycles. The fourth-order valence-corrected chi connectivity index (χ4v) is 1.13. The molecule has 0 aliphatic carbocycles. The summed E-state index contributed by atoms with van der Waals surface area (Å²) in [6.07, 6.45) is 2.87. The van der Waals surface area contributed by atoms with Crippen LogP contribution in [-0.2, 0) is 6.42 Å². The summed E-state index contributed by atoms with van der Waals surface area (Å²) in [6.45, 7) is 5.85. The third-order valence-electron chi connectivity index (χ3n) is 1.77. The fraction of sp³-hybridized carbons (Fsp3) is 0.200. The Bertz CT molecular complexity index is 264. The predicted octanol–water partition coefficient (Wildman–Crippen LogP) is 2.47. The molecule has 0 aliphatic heterocycles. The van der Waals surface area contributed by atoms with E-state index < -0.39 is 0 Å². The van der Waals surface area contributed by atoms with Gasteiger partial charge in [-0.15, -0.1) is 0 Å². The van der Waals surface area contributed by atoms with Crippen molar-refractivity contribution in [2.45, 2.75) is 13.3 Å². The molecule has 0 amide bonds. The first-order valence-corrected chi connectivity index (χ1v) is 3.78. The average Bonchev–Trinajstić information content (AvgIpc) is 2.04. The van der Waals surface area contributed by atoms with E-state index in [0.29, 0.717) is 0 Å². The highest BCUT2D eigenvalue weighted by molar-refractivity contribution is 5.58. The molecule has 2 N–H and O–H groups in total. The van der Waals surface area contributed by atoms with Crippen LogP contribution in [0.2, 0.25) is 0 Å². The van der Waals surface area contributed by atoms with Crippen LogP contribution >= 0.6 is 0 Å². The number of nitrogen functional groups attached to an aromatic ring is 1. The van der Waals surface area contributed by atoms with Crippen LogP contribution in [0.4, 0.5) is 5.69 Å². The molecule has 1 heteroatoms. The highest BCUT2D eigenvalue weighted by Gasteiger charge is 1.95. The number of anilines is 1. The molecule has 11 heavy (non-hydrogen) atoms. The summed E-state index contributed by atoms with van der Waals surface area (Å²) in [7, 11) is 0. The second kappa shape index (κ2) is 3.24. The normalized spacial score (nSPS) is 9.55. The van der Waals surface area contributed by atoms with Crippen LogP contribution < -0.4 is 5.73 Å². The number of aryl methyl sites for hydroxylation is 1. The van der Waals surface area contributed by atoms with Crippen LogP contribution in [0.5, 0.6) is 0 Å². The third kappa shape index (κ3) is 1.61. The van der Waals surface area contributed by atoms with Crippen LogP contribution in [0, 0.1) is 0 Å². The van der Waals surface area contributed by atoms with Crippen LogP contribution in [0.15, 0.2) is 24.8 Å². The van der Waals surface area contributed by atoms with Gasteiger partial charge in [-0.3, -0.25) is 0 Å². The minimum absolute atomic E-state index is 0.803. The lowest BCUT2D eigenvalue weighted by Crippen LogP contribution is -1.90. The minimum atomic E-state index is 0.803. The zero-order chi connectivity index (χ0) is 8.27. The lowest BCUT2D eigenvalue weighted by atomic mass is 10.0. The van der Waals surface area contributed by atoms with Gasteiger partial charge in [-0.1, -0.05) is 25.6 Å². The van der Waals surface area contributed by atoms with Crippen LogP contribution in [0.3, 0.4) is 0 Å². The Hall–Kier alpha value is -1.24. The second-order valence-corrected chi connectivity index (χ2v) is 2.52. The fourth-order valence-electron chi connectivity index (χ4n) is 1.13. The molecule has 58 valence electrons. The number of benzene rings is 1. The lowest BCUT2D eigenvalue weighted by molar-refractivity contribution is 1.13. The van der Waals surface area contributed by atoms with Crippen molar-refractivity contribution in [1.82, 2.24) is 0 Å². The molecule has 0 radical (unpaired) electrons. The second-order valence-electron chi connectivity index (χ2n) is 2.52. The molecule has 0 bridgehead atoms. The first-order valence-electron chi connectivity index (χ1n) is 3.78. The summed E-state index contributed by atoms with van der Waals surface area (Å²) in [5.74, 6) is 0. The molecule has 1 nitrogen and oxygen atoms in total. The summed E-state index contributed by atoms with van der Waals surface area (Å²) >= 11 is 0.